The fourth-order valence-electron chi connectivity index (χ4n) is 2.42. The van der Waals surface area contributed by atoms with Crippen LogP contribution in [0, 0.1) is 17.2 Å². The third-order valence-electron chi connectivity index (χ3n) is 3.75. The van der Waals surface area contributed by atoms with Crippen LogP contribution in [-0.4, -0.2) is 30.0 Å². The first kappa shape index (κ1) is 13.5. The number of nitriles is 1. The van der Waals surface area contributed by atoms with Gasteiger partial charge in [0, 0.05) is 11.3 Å². The normalized spacial score (nSPS) is 19.9. The van der Waals surface area contributed by atoms with E-state index in [4.69, 9.17) is 4.98 Å². The highest BCUT2D eigenvalue weighted by molar-refractivity contribution is 7.09. The lowest BCUT2D eigenvalue weighted by molar-refractivity contribution is 0.253. The van der Waals surface area contributed by atoms with Gasteiger partial charge in [0.15, 0.2) is 0 Å². The van der Waals surface area contributed by atoms with Crippen LogP contribution in [0.1, 0.15) is 49.2 Å². The Morgan fingerprint density at radius 3 is 2.67 bits per heavy atom. The van der Waals surface area contributed by atoms with Gasteiger partial charge in [0.1, 0.15) is 10.9 Å². The average Bonchev–Trinajstić information content (AvgIpc) is 2.80. The van der Waals surface area contributed by atoms with Gasteiger partial charge < -0.3 is 4.90 Å². The quantitative estimate of drug-likeness (QED) is 0.840. The minimum absolute atomic E-state index is 0.0463. The van der Waals surface area contributed by atoms with Gasteiger partial charge in [-0.05, 0) is 38.9 Å². The predicted molar refractivity (Wildman–Crippen MR) is 74.8 cm³/mol. The zero-order chi connectivity index (χ0) is 13.1. The summed E-state index contributed by atoms with van der Waals surface area (Å²) in [5.41, 5.74) is 1.21. The van der Waals surface area contributed by atoms with Crippen molar-refractivity contribution < 1.29 is 0 Å². The maximum Gasteiger partial charge on any atom is 0.110 e. The molecule has 0 bridgehead atoms. The molecule has 0 amide bonds. The van der Waals surface area contributed by atoms with Crippen LogP contribution in [0.4, 0.5) is 0 Å². The summed E-state index contributed by atoms with van der Waals surface area (Å²) in [5.74, 6) is 0.888. The van der Waals surface area contributed by atoms with E-state index in [-0.39, 0.29) is 5.92 Å². The number of hydrogen-bond acceptors (Lipinski definition) is 4. The van der Waals surface area contributed by atoms with Gasteiger partial charge in [0.25, 0.3) is 0 Å². The molecule has 0 spiro atoms. The molecule has 1 unspecified atom stereocenters. The summed E-state index contributed by atoms with van der Waals surface area (Å²) < 4.78 is 0. The molecule has 1 aromatic rings. The van der Waals surface area contributed by atoms with Crippen molar-refractivity contribution in [1.82, 2.24) is 9.88 Å². The fourth-order valence-corrected chi connectivity index (χ4v) is 3.54. The molecule has 1 aromatic heterocycles. The van der Waals surface area contributed by atoms with E-state index >= 15 is 0 Å². The van der Waals surface area contributed by atoms with Crippen molar-refractivity contribution in [2.45, 2.75) is 38.5 Å². The smallest absolute Gasteiger partial charge is 0.110 e. The molecule has 2 rings (SSSR count). The van der Waals surface area contributed by atoms with Gasteiger partial charge >= 0.3 is 0 Å². The Labute approximate surface area is 113 Å². The van der Waals surface area contributed by atoms with E-state index in [0.29, 0.717) is 11.8 Å². The first-order valence-electron chi connectivity index (χ1n) is 6.65. The number of piperidine rings is 1. The summed E-state index contributed by atoms with van der Waals surface area (Å²) in [6.07, 6.45) is 2.39. The fraction of sp³-hybridized carbons (Fsp3) is 0.714. The van der Waals surface area contributed by atoms with Crippen LogP contribution in [0.15, 0.2) is 5.38 Å². The van der Waals surface area contributed by atoms with Crippen molar-refractivity contribution in [1.29, 1.82) is 5.26 Å². The van der Waals surface area contributed by atoms with Crippen molar-refractivity contribution in [3.05, 3.63) is 16.1 Å². The largest absolute Gasteiger partial charge is 0.306 e. The SMILES string of the molecule is CC(C)C(C#N)c1nc(C2CCN(C)CC2)cs1. The molecule has 0 saturated carbocycles. The van der Waals surface area contributed by atoms with Crippen molar-refractivity contribution in [2.75, 3.05) is 20.1 Å². The molecule has 3 nitrogen and oxygen atoms in total. The molecule has 1 fully saturated rings. The van der Waals surface area contributed by atoms with Crippen LogP contribution < -0.4 is 0 Å². The number of thiazole rings is 1. The van der Waals surface area contributed by atoms with E-state index in [0.717, 1.165) is 18.1 Å². The van der Waals surface area contributed by atoms with Crippen LogP contribution in [0.5, 0.6) is 0 Å². The highest BCUT2D eigenvalue weighted by Crippen LogP contribution is 2.32. The first-order chi connectivity index (χ1) is 8.61. The predicted octanol–water partition coefficient (Wildman–Crippen LogP) is 3.22. The summed E-state index contributed by atoms with van der Waals surface area (Å²) >= 11 is 1.66. The zero-order valence-corrected chi connectivity index (χ0v) is 12.2. The van der Waals surface area contributed by atoms with Crippen LogP contribution in [-0.2, 0) is 0 Å². The van der Waals surface area contributed by atoms with Gasteiger partial charge in [-0.15, -0.1) is 11.3 Å². The third-order valence-corrected chi connectivity index (χ3v) is 4.69. The maximum atomic E-state index is 9.21. The van der Waals surface area contributed by atoms with E-state index in [1.807, 2.05) is 0 Å². The van der Waals surface area contributed by atoms with E-state index in [1.165, 1.54) is 18.5 Å². The molecule has 0 aromatic carbocycles. The van der Waals surface area contributed by atoms with Crippen LogP contribution in [0.25, 0.3) is 0 Å². The molecule has 98 valence electrons. The van der Waals surface area contributed by atoms with Gasteiger partial charge in [-0.25, -0.2) is 4.98 Å². The number of hydrogen-bond donors (Lipinski definition) is 0. The molecule has 1 saturated heterocycles. The third kappa shape index (κ3) is 2.90. The molecule has 1 aliphatic rings. The molecule has 1 aliphatic heterocycles. The van der Waals surface area contributed by atoms with Gasteiger partial charge in [0.05, 0.1) is 11.8 Å². The summed E-state index contributed by atoms with van der Waals surface area (Å²) in [4.78, 5) is 7.10. The Balaban J connectivity index is 2.08. The number of aromatic nitrogens is 1. The number of nitrogens with zero attached hydrogens (tertiary/aromatic N) is 3. The zero-order valence-electron chi connectivity index (χ0n) is 11.4. The van der Waals surface area contributed by atoms with Crippen LogP contribution in [0.3, 0.4) is 0 Å². The highest BCUT2D eigenvalue weighted by atomic mass is 32.1. The molecular weight excluding hydrogens is 242 g/mol. The molecule has 0 N–H and O–H groups in total. The lowest BCUT2D eigenvalue weighted by Crippen LogP contribution is -2.29. The molecule has 4 heteroatoms. The number of likely N-dealkylation sites (tertiary alicyclic amines) is 1. The summed E-state index contributed by atoms with van der Waals surface area (Å²) in [6, 6.07) is 2.38. The minimum atomic E-state index is -0.0463. The van der Waals surface area contributed by atoms with Gasteiger partial charge in [-0.1, -0.05) is 13.8 Å². The van der Waals surface area contributed by atoms with Crippen molar-refractivity contribution in [2.24, 2.45) is 5.92 Å². The molecule has 18 heavy (non-hydrogen) atoms. The molecule has 1 atom stereocenters. The molecule has 0 aliphatic carbocycles. The molecule has 0 radical (unpaired) electrons. The minimum Gasteiger partial charge on any atom is -0.306 e. The van der Waals surface area contributed by atoms with Crippen molar-refractivity contribution in [3.63, 3.8) is 0 Å². The van der Waals surface area contributed by atoms with Gasteiger partial charge in [0.2, 0.25) is 0 Å². The first-order valence-corrected chi connectivity index (χ1v) is 7.53. The Morgan fingerprint density at radius 2 is 2.11 bits per heavy atom. The van der Waals surface area contributed by atoms with Gasteiger partial charge in [-0.2, -0.15) is 5.26 Å². The molecular formula is C14H21N3S. The monoisotopic (exact) mass is 263 g/mol. The van der Waals surface area contributed by atoms with Crippen molar-refractivity contribution in [3.8, 4) is 6.07 Å². The Hall–Kier alpha value is -0.920. The second-order valence-electron chi connectivity index (χ2n) is 5.54. The molecule has 2 heterocycles. The second kappa shape index (κ2) is 5.81. The Morgan fingerprint density at radius 1 is 1.44 bits per heavy atom. The van der Waals surface area contributed by atoms with E-state index in [9.17, 15) is 5.26 Å². The summed E-state index contributed by atoms with van der Waals surface area (Å²) in [7, 11) is 2.17. The van der Waals surface area contributed by atoms with E-state index in [1.54, 1.807) is 11.3 Å². The van der Waals surface area contributed by atoms with Gasteiger partial charge in [-0.3, -0.25) is 0 Å². The average molecular weight is 263 g/mol. The topological polar surface area (TPSA) is 39.9 Å². The highest BCUT2D eigenvalue weighted by Gasteiger charge is 2.24. The van der Waals surface area contributed by atoms with Crippen LogP contribution >= 0.6 is 11.3 Å². The maximum absolute atomic E-state index is 9.21. The summed E-state index contributed by atoms with van der Waals surface area (Å²) in [5, 5.41) is 12.4. The second-order valence-corrected chi connectivity index (χ2v) is 6.43. The Kier molecular flexibility index (Phi) is 4.36. The van der Waals surface area contributed by atoms with E-state index < -0.39 is 0 Å². The lowest BCUT2D eigenvalue weighted by Gasteiger charge is -2.27. The number of rotatable bonds is 3. The standard InChI is InChI=1S/C14H21N3S/c1-10(2)12(8-15)14-16-13(9-18-14)11-4-6-17(3)7-5-11/h9-12H,4-7H2,1-3H3. The summed E-state index contributed by atoms with van der Waals surface area (Å²) in [6.45, 7) is 6.49. The Bertz CT molecular complexity index is 424. The lowest BCUT2D eigenvalue weighted by atomic mass is 9.94. The van der Waals surface area contributed by atoms with E-state index in [2.05, 4.69) is 37.2 Å². The van der Waals surface area contributed by atoms with Crippen molar-refractivity contribution >= 4 is 11.3 Å². The van der Waals surface area contributed by atoms with Crippen LogP contribution in [0.2, 0.25) is 0 Å².